The first-order chi connectivity index (χ1) is 15.9. The van der Waals surface area contributed by atoms with Gasteiger partial charge in [-0.25, -0.2) is 9.37 Å². The molecule has 4 heterocycles. The number of halogens is 1. The summed E-state index contributed by atoms with van der Waals surface area (Å²) in [5, 5.41) is 6.14. The van der Waals surface area contributed by atoms with Crippen LogP contribution in [-0.2, 0) is 14.3 Å². The molecule has 7 nitrogen and oxygen atoms in total. The smallest absolute Gasteiger partial charge is 0.260 e. The van der Waals surface area contributed by atoms with Crippen molar-refractivity contribution in [3.8, 4) is 0 Å². The number of rotatable bonds is 5. The number of aromatic nitrogens is 1. The van der Waals surface area contributed by atoms with Gasteiger partial charge < -0.3 is 20.1 Å². The van der Waals surface area contributed by atoms with Crippen LogP contribution in [0, 0.1) is 5.82 Å². The molecule has 1 saturated heterocycles. The third-order valence-corrected chi connectivity index (χ3v) is 6.17. The number of carbonyl (C=O) groups is 1. The molecule has 5 rings (SSSR count). The number of nitrogens with one attached hydrogen (secondary N) is 2. The van der Waals surface area contributed by atoms with Crippen molar-refractivity contribution in [1.29, 1.82) is 0 Å². The Bertz CT molecular complexity index is 1130. The highest BCUT2D eigenvalue weighted by Crippen LogP contribution is 2.44. The van der Waals surface area contributed by atoms with Gasteiger partial charge in [0.2, 0.25) is 0 Å². The largest absolute Gasteiger partial charge is 0.482 e. The number of pyridine rings is 1. The van der Waals surface area contributed by atoms with Gasteiger partial charge in [0, 0.05) is 54.8 Å². The Morgan fingerprint density at radius 2 is 2.03 bits per heavy atom. The molecule has 1 aromatic heterocycles. The molecule has 0 atom stereocenters. The zero-order chi connectivity index (χ0) is 23.0. The van der Waals surface area contributed by atoms with Gasteiger partial charge in [-0.3, -0.25) is 9.69 Å². The molecule has 1 fully saturated rings. The number of fused-ring (bicyclic) bond motifs is 1. The van der Waals surface area contributed by atoms with Crippen LogP contribution >= 0.6 is 0 Å². The highest BCUT2D eigenvalue weighted by molar-refractivity contribution is 6.32. The van der Waals surface area contributed by atoms with Gasteiger partial charge in [0.15, 0.2) is 0 Å². The molecular formula is C25H27FN4O3. The standard InChI is InChI=1S/C25H27FN4O3/c1-25(2)19(14-21(33-25)23-18-13-17(26)4-5-20(18)29-24(23)31)16-3-6-22(28-15-16)27-7-8-30-9-11-32-12-10-30/h3-6,13-15H,7-12H2,1-2H3,(H,27,28)(H,29,31). The van der Waals surface area contributed by atoms with Crippen molar-refractivity contribution in [3.63, 3.8) is 0 Å². The molecule has 2 aromatic rings. The monoisotopic (exact) mass is 450 g/mol. The van der Waals surface area contributed by atoms with Crippen LogP contribution in [0.5, 0.6) is 0 Å². The third-order valence-electron chi connectivity index (χ3n) is 6.17. The summed E-state index contributed by atoms with van der Waals surface area (Å²) in [6.45, 7) is 9.15. The molecule has 33 heavy (non-hydrogen) atoms. The van der Waals surface area contributed by atoms with E-state index in [2.05, 4.69) is 20.5 Å². The molecule has 8 heteroatoms. The number of hydrogen-bond donors (Lipinski definition) is 2. The molecule has 1 aromatic carbocycles. The van der Waals surface area contributed by atoms with Crippen molar-refractivity contribution in [2.45, 2.75) is 19.4 Å². The minimum atomic E-state index is -0.661. The van der Waals surface area contributed by atoms with E-state index >= 15 is 0 Å². The Morgan fingerprint density at radius 3 is 2.79 bits per heavy atom. The SMILES string of the molecule is CC1(C)OC(=C2C(=O)Nc3ccc(F)cc32)C=C1c1ccc(NCCN2CCOCC2)nc1. The maximum atomic E-state index is 13.8. The lowest BCUT2D eigenvalue weighted by molar-refractivity contribution is -0.111. The van der Waals surface area contributed by atoms with Crippen LogP contribution in [0.25, 0.3) is 11.1 Å². The Kier molecular flexibility index (Phi) is 5.64. The molecule has 0 bridgehead atoms. The highest BCUT2D eigenvalue weighted by atomic mass is 19.1. The Labute approximate surface area is 192 Å². The van der Waals surface area contributed by atoms with E-state index in [1.807, 2.05) is 38.3 Å². The van der Waals surface area contributed by atoms with E-state index in [1.165, 1.54) is 12.1 Å². The van der Waals surface area contributed by atoms with E-state index in [0.29, 0.717) is 22.6 Å². The summed E-state index contributed by atoms with van der Waals surface area (Å²) in [6.07, 6.45) is 3.67. The second-order valence-corrected chi connectivity index (χ2v) is 8.87. The number of benzene rings is 1. The minimum Gasteiger partial charge on any atom is -0.482 e. The van der Waals surface area contributed by atoms with Gasteiger partial charge >= 0.3 is 0 Å². The van der Waals surface area contributed by atoms with Crippen LogP contribution in [0.4, 0.5) is 15.9 Å². The second-order valence-electron chi connectivity index (χ2n) is 8.87. The number of nitrogens with zero attached hydrogens (tertiary/aromatic N) is 2. The molecule has 0 saturated carbocycles. The van der Waals surface area contributed by atoms with Gasteiger partial charge in [0.05, 0.1) is 18.8 Å². The molecule has 3 aliphatic rings. The summed E-state index contributed by atoms with van der Waals surface area (Å²) >= 11 is 0. The summed E-state index contributed by atoms with van der Waals surface area (Å²) in [5.74, 6) is 0.551. The topological polar surface area (TPSA) is 75.7 Å². The lowest BCUT2D eigenvalue weighted by atomic mass is 9.93. The number of allylic oxidation sites excluding steroid dienone is 1. The first kappa shape index (κ1) is 21.6. The molecule has 0 radical (unpaired) electrons. The predicted molar refractivity (Wildman–Crippen MR) is 125 cm³/mol. The molecule has 0 unspecified atom stereocenters. The normalized spacial score (nSPS) is 21.9. The van der Waals surface area contributed by atoms with Crippen LogP contribution in [0.3, 0.4) is 0 Å². The maximum Gasteiger partial charge on any atom is 0.260 e. The quantitative estimate of drug-likeness (QED) is 0.679. The average Bonchev–Trinajstić information content (AvgIpc) is 3.29. The highest BCUT2D eigenvalue weighted by Gasteiger charge is 2.38. The van der Waals surface area contributed by atoms with Gasteiger partial charge in [-0.05, 0) is 50.3 Å². The first-order valence-electron chi connectivity index (χ1n) is 11.2. The molecule has 2 N–H and O–H groups in total. The molecule has 3 aliphatic heterocycles. The average molecular weight is 451 g/mol. The summed E-state index contributed by atoms with van der Waals surface area (Å²) in [7, 11) is 0. The fraction of sp³-hybridized carbons (Fsp3) is 0.360. The second kappa shape index (κ2) is 8.61. The Balaban J connectivity index is 1.35. The third kappa shape index (κ3) is 4.36. The predicted octanol–water partition coefficient (Wildman–Crippen LogP) is 3.52. The Hall–Kier alpha value is -3.23. The van der Waals surface area contributed by atoms with Crippen molar-refractivity contribution < 1.29 is 18.7 Å². The number of hydrogen-bond acceptors (Lipinski definition) is 6. The zero-order valence-corrected chi connectivity index (χ0v) is 18.8. The van der Waals surface area contributed by atoms with Crippen LogP contribution < -0.4 is 10.6 Å². The van der Waals surface area contributed by atoms with Gasteiger partial charge in [0.1, 0.15) is 23.0 Å². The number of amides is 1. The van der Waals surface area contributed by atoms with E-state index in [0.717, 1.165) is 56.3 Å². The minimum absolute atomic E-state index is 0.295. The summed E-state index contributed by atoms with van der Waals surface area (Å²) < 4.78 is 25.4. The molecule has 0 aliphatic carbocycles. The van der Waals surface area contributed by atoms with Crippen molar-refractivity contribution in [3.05, 3.63) is 65.3 Å². The van der Waals surface area contributed by atoms with Gasteiger partial charge in [-0.15, -0.1) is 0 Å². The lowest BCUT2D eigenvalue weighted by Gasteiger charge is -2.26. The first-order valence-corrected chi connectivity index (χ1v) is 11.2. The van der Waals surface area contributed by atoms with Crippen LogP contribution in [-0.4, -0.2) is 60.8 Å². The molecule has 0 spiro atoms. The fourth-order valence-corrected chi connectivity index (χ4v) is 4.43. The van der Waals surface area contributed by atoms with E-state index in [9.17, 15) is 9.18 Å². The van der Waals surface area contributed by atoms with Crippen molar-refractivity contribution in [2.24, 2.45) is 0 Å². The zero-order valence-electron chi connectivity index (χ0n) is 18.8. The number of ether oxygens (including phenoxy) is 2. The summed E-state index contributed by atoms with van der Waals surface area (Å²) in [4.78, 5) is 19.5. The van der Waals surface area contributed by atoms with Crippen molar-refractivity contribution in [1.82, 2.24) is 9.88 Å². The van der Waals surface area contributed by atoms with E-state index in [1.54, 1.807) is 6.07 Å². The number of anilines is 2. The summed E-state index contributed by atoms with van der Waals surface area (Å²) in [5.41, 5.74) is 2.61. The fourth-order valence-electron chi connectivity index (χ4n) is 4.43. The molecule has 1 amide bonds. The van der Waals surface area contributed by atoms with Crippen molar-refractivity contribution in [2.75, 3.05) is 50.0 Å². The molecular weight excluding hydrogens is 423 g/mol. The summed E-state index contributed by atoms with van der Waals surface area (Å²) in [6, 6.07) is 8.20. The van der Waals surface area contributed by atoms with Crippen LogP contribution in [0.15, 0.2) is 48.4 Å². The van der Waals surface area contributed by atoms with Crippen molar-refractivity contribution >= 4 is 28.6 Å². The molecule has 172 valence electrons. The number of morpholine rings is 1. The van der Waals surface area contributed by atoms with Gasteiger partial charge in [-0.2, -0.15) is 0 Å². The van der Waals surface area contributed by atoms with E-state index < -0.39 is 11.4 Å². The van der Waals surface area contributed by atoms with Crippen LogP contribution in [0.2, 0.25) is 0 Å². The lowest BCUT2D eigenvalue weighted by Crippen LogP contribution is -2.39. The van der Waals surface area contributed by atoms with Gasteiger partial charge in [-0.1, -0.05) is 0 Å². The maximum absolute atomic E-state index is 13.8. The van der Waals surface area contributed by atoms with Gasteiger partial charge in [0.25, 0.3) is 5.91 Å². The van der Waals surface area contributed by atoms with E-state index in [4.69, 9.17) is 9.47 Å². The van der Waals surface area contributed by atoms with Crippen LogP contribution in [0.1, 0.15) is 25.0 Å². The number of carbonyl (C=O) groups excluding carboxylic acids is 1. The Morgan fingerprint density at radius 1 is 1.21 bits per heavy atom. The van der Waals surface area contributed by atoms with E-state index in [-0.39, 0.29) is 5.91 Å².